The first-order chi connectivity index (χ1) is 12.6. The highest BCUT2D eigenvalue weighted by molar-refractivity contribution is 8.00. The van der Waals surface area contributed by atoms with Gasteiger partial charge >= 0.3 is 0 Å². The summed E-state index contributed by atoms with van der Waals surface area (Å²) in [6, 6.07) is 5.30. The molecule has 1 fully saturated rings. The number of aromatic hydroxyl groups is 1. The van der Waals surface area contributed by atoms with Gasteiger partial charge in [-0.25, -0.2) is 0 Å². The summed E-state index contributed by atoms with van der Waals surface area (Å²) in [4.78, 5) is 25.0. The molecule has 1 aromatic carbocycles. The van der Waals surface area contributed by atoms with Crippen molar-refractivity contribution in [3.63, 3.8) is 0 Å². The van der Waals surface area contributed by atoms with Crippen LogP contribution in [0.5, 0.6) is 11.5 Å². The highest BCUT2D eigenvalue weighted by Crippen LogP contribution is 2.43. The minimum absolute atomic E-state index is 0.0161. The maximum Gasteiger partial charge on any atom is 0.270 e. The molecule has 4 rings (SSSR count). The number of aromatic amines is 1. The summed E-state index contributed by atoms with van der Waals surface area (Å²) >= 11 is 1.38. The van der Waals surface area contributed by atoms with Crippen LogP contribution in [0.2, 0.25) is 0 Å². The number of thioether (sulfide) groups is 1. The van der Waals surface area contributed by atoms with Crippen molar-refractivity contribution in [3.8, 4) is 11.5 Å². The van der Waals surface area contributed by atoms with Crippen molar-refractivity contribution >= 4 is 23.5 Å². The Morgan fingerprint density at radius 1 is 1.27 bits per heavy atom. The lowest BCUT2D eigenvalue weighted by atomic mass is 10.1. The number of hydrogen-bond donors (Lipinski definition) is 3. The van der Waals surface area contributed by atoms with Crippen LogP contribution in [-0.2, 0) is 4.79 Å². The van der Waals surface area contributed by atoms with Crippen molar-refractivity contribution in [1.82, 2.24) is 9.78 Å². The van der Waals surface area contributed by atoms with E-state index < -0.39 is 0 Å². The average molecular weight is 375 g/mol. The predicted molar refractivity (Wildman–Crippen MR) is 100 cm³/mol. The standard InChI is InChI=1S/C18H21N3O4S/c1-25-13-7-6-10(8-12(13)22)16-15-17(19-14(23)9-26-16)21(20-18(15)24)11-4-2-3-5-11/h6-8,11,16,22H,2-5,9H2,1H3,(H,19,23)(H,20,24)/t16-/m1/s1. The van der Waals surface area contributed by atoms with Crippen LogP contribution in [0, 0.1) is 0 Å². The van der Waals surface area contributed by atoms with E-state index in [0.29, 0.717) is 17.1 Å². The van der Waals surface area contributed by atoms with Crippen LogP contribution in [0.3, 0.4) is 0 Å². The second-order valence-electron chi connectivity index (χ2n) is 6.68. The van der Waals surface area contributed by atoms with Crippen molar-refractivity contribution in [2.75, 3.05) is 18.2 Å². The number of ether oxygens (including phenoxy) is 1. The van der Waals surface area contributed by atoms with Gasteiger partial charge in [-0.2, -0.15) is 0 Å². The Kier molecular flexibility index (Phi) is 4.44. The molecule has 1 atom stereocenters. The van der Waals surface area contributed by atoms with Gasteiger partial charge in [-0.05, 0) is 30.5 Å². The third kappa shape index (κ3) is 2.88. The SMILES string of the molecule is COc1ccc([C@H]2SCC(=O)Nc3c2c(=O)[nH]n3C2CCCC2)cc1O. The quantitative estimate of drug-likeness (QED) is 0.767. The Labute approximate surface area is 154 Å². The molecule has 2 aliphatic rings. The number of phenols is 1. The minimum atomic E-state index is -0.341. The first-order valence-corrected chi connectivity index (χ1v) is 9.76. The molecule has 1 aliphatic carbocycles. The third-order valence-electron chi connectivity index (χ3n) is 5.06. The Morgan fingerprint density at radius 2 is 2.04 bits per heavy atom. The molecule has 2 aromatic rings. The highest BCUT2D eigenvalue weighted by atomic mass is 32.2. The zero-order chi connectivity index (χ0) is 18.3. The fraction of sp³-hybridized carbons (Fsp3) is 0.444. The summed E-state index contributed by atoms with van der Waals surface area (Å²) in [6.45, 7) is 0. The maximum atomic E-state index is 12.8. The second kappa shape index (κ2) is 6.75. The molecule has 2 heterocycles. The van der Waals surface area contributed by atoms with E-state index in [0.717, 1.165) is 31.2 Å². The Morgan fingerprint density at radius 3 is 2.73 bits per heavy atom. The summed E-state index contributed by atoms with van der Waals surface area (Å²) in [5.41, 5.74) is 1.11. The average Bonchev–Trinajstić information content (AvgIpc) is 3.21. The van der Waals surface area contributed by atoms with E-state index in [4.69, 9.17) is 4.74 Å². The first kappa shape index (κ1) is 17.1. The van der Waals surface area contributed by atoms with Gasteiger partial charge < -0.3 is 15.2 Å². The van der Waals surface area contributed by atoms with Crippen LogP contribution >= 0.6 is 11.8 Å². The molecular weight excluding hydrogens is 354 g/mol. The molecule has 0 radical (unpaired) electrons. The van der Waals surface area contributed by atoms with Crippen LogP contribution in [-0.4, -0.2) is 33.7 Å². The zero-order valence-corrected chi connectivity index (χ0v) is 15.3. The van der Waals surface area contributed by atoms with Crippen molar-refractivity contribution < 1.29 is 14.6 Å². The summed E-state index contributed by atoms with van der Waals surface area (Å²) in [5.74, 6) is 1.08. The molecule has 26 heavy (non-hydrogen) atoms. The summed E-state index contributed by atoms with van der Waals surface area (Å²) < 4.78 is 6.94. The summed E-state index contributed by atoms with van der Waals surface area (Å²) in [5, 5.41) is 15.6. The molecular formula is C18H21N3O4S. The van der Waals surface area contributed by atoms with Crippen LogP contribution < -0.4 is 15.6 Å². The normalized spacial score (nSPS) is 20.5. The number of nitrogens with one attached hydrogen (secondary N) is 2. The number of amides is 1. The molecule has 138 valence electrons. The number of nitrogens with zero attached hydrogens (tertiary/aromatic N) is 1. The molecule has 1 amide bonds. The van der Waals surface area contributed by atoms with E-state index in [2.05, 4.69) is 10.4 Å². The third-order valence-corrected chi connectivity index (χ3v) is 6.33. The molecule has 7 nitrogen and oxygen atoms in total. The van der Waals surface area contributed by atoms with Gasteiger partial charge in [0, 0.05) is 0 Å². The molecule has 0 unspecified atom stereocenters. The molecule has 1 aliphatic heterocycles. The molecule has 8 heteroatoms. The zero-order valence-electron chi connectivity index (χ0n) is 14.4. The predicted octanol–water partition coefficient (Wildman–Crippen LogP) is 2.78. The Balaban J connectivity index is 1.82. The number of anilines is 1. The second-order valence-corrected chi connectivity index (χ2v) is 7.78. The largest absolute Gasteiger partial charge is 0.504 e. The van der Waals surface area contributed by atoms with Gasteiger partial charge in [0.05, 0.1) is 29.7 Å². The molecule has 0 bridgehead atoms. The maximum absolute atomic E-state index is 12.8. The molecule has 1 aromatic heterocycles. The molecule has 3 N–H and O–H groups in total. The number of methoxy groups -OCH3 is 1. The van der Waals surface area contributed by atoms with Crippen molar-refractivity contribution in [2.24, 2.45) is 0 Å². The van der Waals surface area contributed by atoms with Gasteiger partial charge in [0.1, 0.15) is 5.82 Å². The number of hydrogen-bond acceptors (Lipinski definition) is 5. The summed E-state index contributed by atoms with van der Waals surface area (Å²) in [7, 11) is 1.49. The highest BCUT2D eigenvalue weighted by Gasteiger charge is 2.33. The lowest BCUT2D eigenvalue weighted by molar-refractivity contribution is -0.113. The summed E-state index contributed by atoms with van der Waals surface area (Å²) in [6.07, 6.45) is 4.23. The van der Waals surface area contributed by atoms with Gasteiger partial charge in [0.2, 0.25) is 5.91 Å². The minimum Gasteiger partial charge on any atom is -0.504 e. The number of phenolic OH excluding ortho intramolecular Hbond substituents is 1. The molecule has 0 saturated heterocycles. The fourth-order valence-corrected chi connectivity index (χ4v) is 4.93. The van der Waals surface area contributed by atoms with Gasteiger partial charge in [0.15, 0.2) is 11.5 Å². The lowest BCUT2D eigenvalue weighted by Crippen LogP contribution is -2.18. The number of rotatable bonds is 3. The van der Waals surface area contributed by atoms with Gasteiger partial charge in [-0.1, -0.05) is 18.9 Å². The number of benzene rings is 1. The van der Waals surface area contributed by atoms with Crippen molar-refractivity contribution in [2.45, 2.75) is 37.0 Å². The topological polar surface area (TPSA) is 96.4 Å². The van der Waals surface area contributed by atoms with Crippen LogP contribution in [0.4, 0.5) is 5.82 Å². The number of aromatic nitrogens is 2. The monoisotopic (exact) mass is 375 g/mol. The number of fused-ring (bicyclic) bond motifs is 1. The fourth-order valence-electron chi connectivity index (χ4n) is 3.81. The van der Waals surface area contributed by atoms with Crippen LogP contribution in [0.1, 0.15) is 48.1 Å². The Hall–Kier alpha value is -2.35. The van der Waals surface area contributed by atoms with Crippen molar-refractivity contribution in [1.29, 1.82) is 0 Å². The van der Waals surface area contributed by atoms with Crippen molar-refractivity contribution in [3.05, 3.63) is 39.7 Å². The van der Waals surface area contributed by atoms with E-state index in [1.54, 1.807) is 12.1 Å². The molecule has 0 spiro atoms. The number of H-pyrrole nitrogens is 1. The van der Waals surface area contributed by atoms with Gasteiger partial charge in [0.25, 0.3) is 5.56 Å². The lowest BCUT2D eigenvalue weighted by Gasteiger charge is -2.17. The van der Waals surface area contributed by atoms with Crippen LogP contribution in [0.25, 0.3) is 0 Å². The van der Waals surface area contributed by atoms with Crippen LogP contribution in [0.15, 0.2) is 23.0 Å². The Bertz CT molecular complexity index is 898. The van der Waals surface area contributed by atoms with E-state index in [-0.39, 0.29) is 34.3 Å². The molecule has 1 saturated carbocycles. The van der Waals surface area contributed by atoms with E-state index >= 15 is 0 Å². The number of carbonyl (C=O) groups is 1. The smallest absolute Gasteiger partial charge is 0.270 e. The van der Waals surface area contributed by atoms with E-state index in [1.807, 2.05) is 10.7 Å². The van der Waals surface area contributed by atoms with E-state index in [9.17, 15) is 14.7 Å². The number of carbonyl (C=O) groups excluding carboxylic acids is 1. The van der Waals surface area contributed by atoms with Gasteiger partial charge in [-0.15, -0.1) is 11.8 Å². The van der Waals surface area contributed by atoms with Gasteiger partial charge in [-0.3, -0.25) is 19.4 Å². The first-order valence-electron chi connectivity index (χ1n) is 8.71. The van der Waals surface area contributed by atoms with E-state index in [1.165, 1.54) is 18.9 Å².